The van der Waals surface area contributed by atoms with Crippen molar-refractivity contribution in [2.45, 2.75) is 25.7 Å². The third-order valence-corrected chi connectivity index (χ3v) is 4.15. The number of hydrogen-bond acceptors (Lipinski definition) is 2. The second-order valence-corrected chi connectivity index (χ2v) is 6.02. The highest BCUT2D eigenvalue weighted by atomic mass is 79.9. The van der Waals surface area contributed by atoms with Gasteiger partial charge in [0, 0.05) is 16.7 Å². The Labute approximate surface area is 137 Å². The lowest BCUT2D eigenvalue weighted by atomic mass is 9.95. The first-order valence-electron chi connectivity index (χ1n) is 6.71. The molecule has 4 heteroatoms. The van der Waals surface area contributed by atoms with Gasteiger partial charge >= 0.3 is 5.97 Å². The molecule has 0 radical (unpaired) electrons. The molecule has 2 nitrogen and oxygen atoms in total. The SMILES string of the molecule is COC(=O)/C=C/c1c(CCCBr)cccc1CCCBr. The zero-order chi connectivity index (χ0) is 14.8. The van der Waals surface area contributed by atoms with Crippen molar-refractivity contribution in [3.05, 3.63) is 41.0 Å². The monoisotopic (exact) mass is 402 g/mol. The number of benzene rings is 1. The first-order valence-corrected chi connectivity index (χ1v) is 8.96. The summed E-state index contributed by atoms with van der Waals surface area (Å²) >= 11 is 6.93. The van der Waals surface area contributed by atoms with Gasteiger partial charge in [0.1, 0.15) is 0 Å². The van der Waals surface area contributed by atoms with Gasteiger partial charge in [-0.2, -0.15) is 0 Å². The maximum Gasteiger partial charge on any atom is 0.330 e. The fourth-order valence-electron chi connectivity index (χ4n) is 2.05. The quantitative estimate of drug-likeness (QED) is 0.362. The van der Waals surface area contributed by atoms with Crippen LogP contribution in [0.2, 0.25) is 0 Å². The van der Waals surface area contributed by atoms with Crippen LogP contribution in [0, 0.1) is 0 Å². The summed E-state index contributed by atoms with van der Waals surface area (Å²) < 4.78 is 4.67. The normalized spacial score (nSPS) is 10.9. The van der Waals surface area contributed by atoms with Gasteiger partial charge in [-0.1, -0.05) is 50.1 Å². The van der Waals surface area contributed by atoms with E-state index in [9.17, 15) is 4.79 Å². The summed E-state index contributed by atoms with van der Waals surface area (Å²) in [5, 5.41) is 1.97. The standard InChI is InChI=1S/C16H20Br2O2/c1-20-16(19)10-9-15-13(7-3-11-17)5-2-6-14(15)8-4-12-18/h2,5-6,9-10H,3-4,7-8,11-12H2,1H3/b10-9+. The van der Waals surface area contributed by atoms with E-state index in [1.165, 1.54) is 29.9 Å². The van der Waals surface area contributed by atoms with E-state index in [0.717, 1.165) is 36.3 Å². The lowest BCUT2D eigenvalue weighted by Gasteiger charge is -2.11. The van der Waals surface area contributed by atoms with Crippen molar-refractivity contribution in [3.8, 4) is 0 Å². The van der Waals surface area contributed by atoms with E-state index < -0.39 is 0 Å². The van der Waals surface area contributed by atoms with Crippen LogP contribution < -0.4 is 0 Å². The number of carbonyl (C=O) groups excluding carboxylic acids is 1. The Kier molecular flexibility index (Phi) is 8.86. The molecule has 1 aromatic rings. The lowest BCUT2D eigenvalue weighted by molar-refractivity contribution is -0.134. The van der Waals surface area contributed by atoms with Crippen molar-refractivity contribution in [2.75, 3.05) is 17.8 Å². The average Bonchev–Trinajstić information content (AvgIpc) is 2.48. The molecule has 0 aliphatic heterocycles. The average molecular weight is 404 g/mol. The van der Waals surface area contributed by atoms with E-state index in [-0.39, 0.29) is 5.97 Å². The fraction of sp³-hybridized carbons (Fsp3) is 0.438. The fourth-order valence-corrected chi connectivity index (χ4v) is 2.61. The molecule has 20 heavy (non-hydrogen) atoms. The number of carbonyl (C=O) groups is 1. The summed E-state index contributed by atoms with van der Waals surface area (Å²) in [6, 6.07) is 6.37. The number of aryl methyl sites for hydroxylation is 2. The number of hydrogen-bond donors (Lipinski definition) is 0. The Morgan fingerprint density at radius 3 is 2.15 bits per heavy atom. The first-order chi connectivity index (χ1) is 9.72. The molecule has 0 heterocycles. The molecule has 0 spiro atoms. The third-order valence-electron chi connectivity index (χ3n) is 3.03. The van der Waals surface area contributed by atoms with E-state index in [0.29, 0.717) is 0 Å². The highest BCUT2D eigenvalue weighted by Crippen LogP contribution is 2.21. The predicted molar refractivity (Wildman–Crippen MR) is 91.7 cm³/mol. The van der Waals surface area contributed by atoms with Crippen molar-refractivity contribution in [1.29, 1.82) is 0 Å². The molecule has 0 fully saturated rings. The molecule has 0 aliphatic rings. The van der Waals surface area contributed by atoms with Crippen LogP contribution in [0.1, 0.15) is 29.5 Å². The third kappa shape index (κ3) is 5.80. The van der Waals surface area contributed by atoms with E-state index in [2.05, 4.69) is 54.8 Å². The van der Waals surface area contributed by atoms with E-state index in [1.807, 2.05) is 6.08 Å². The minimum Gasteiger partial charge on any atom is -0.466 e. The van der Waals surface area contributed by atoms with Crippen LogP contribution in [0.25, 0.3) is 6.08 Å². The van der Waals surface area contributed by atoms with Crippen LogP contribution in [0.5, 0.6) is 0 Å². The number of ether oxygens (including phenoxy) is 1. The van der Waals surface area contributed by atoms with E-state index in [4.69, 9.17) is 0 Å². The van der Waals surface area contributed by atoms with Crippen LogP contribution in [0.3, 0.4) is 0 Å². The predicted octanol–water partition coefficient (Wildman–Crippen LogP) is 4.53. The topological polar surface area (TPSA) is 26.3 Å². The molecule has 0 amide bonds. The van der Waals surface area contributed by atoms with Crippen LogP contribution in [-0.2, 0) is 22.4 Å². The molecule has 0 unspecified atom stereocenters. The highest BCUT2D eigenvalue weighted by molar-refractivity contribution is 9.09. The molecule has 0 aliphatic carbocycles. The van der Waals surface area contributed by atoms with Crippen LogP contribution >= 0.6 is 31.9 Å². The molecule has 0 aromatic heterocycles. The Balaban J connectivity index is 3.03. The Hall–Kier alpha value is -0.610. The molecule has 0 N–H and O–H groups in total. The van der Waals surface area contributed by atoms with Crippen molar-refractivity contribution < 1.29 is 9.53 Å². The molecule has 110 valence electrons. The van der Waals surface area contributed by atoms with Crippen molar-refractivity contribution in [2.24, 2.45) is 0 Å². The molecular weight excluding hydrogens is 384 g/mol. The second kappa shape index (κ2) is 10.2. The van der Waals surface area contributed by atoms with Gasteiger partial charge in [-0.3, -0.25) is 0 Å². The Bertz CT molecular complexity index is 430. The zero-order valence-corrected chi connectivity index (χ0v) is 14.9. The van der Waals surface area contributed by atoms with Gasteiger partial charge in [0.15, 0.2) is 0 Å². The number of rotatable bonds is 8. The number of alkyl halides is 2. The van der Waals surface area contributed by atoms with Crippen LogP contribution in [-0.4, -0.2) is 23.7 Å². The van der Waals surface area contributed by atoms with Gasteiger partial charge in [-0.25, -0.2) is 4.79 Å². The molecule has 1 rings (SSSR count). The van der Waals surface area contributed by atoms with Crippen LogP contribution in [0.15, 0.2) is 24.3 Å². The van der Waals surface area contributed by atoms with Crippen molar-refractivity contribution >= 4 is 43.9 Å². The Morgan fingerprint density at radius 1 is 1.15 bits per heavy atom. The summed E-state index contributed by atoms with van der Waals surface area (Å²) in [6.07, 6.45) is 7.58. The summed E-state index contributed by atoms with van der Waals surface area (Å²) in [7, 11) is 1.40. The van der Waals surface area contributed by atoms with E-state index >= 15 is 0 Å². The number of halogens is 2. The van der Waals surface area contributed by atoms with Gasteiger partial charge in [0.25, 0.3) is 0 Å². The van der Waals surface area contributed by atoms with Gasteiger partial charge < -0.3 is 4.74 Å². The van der Waals surface area contributed by atoms with Gasteiger partial charge in [0.05, 0.1) is 7.11 Å². The second-order valence-electron chi connectivity index (χ2n) is 4.43. The highest BCUT2D eigenvalue weighted by Gasteiger charge is 2.06. The lowest BCUT2D eigenvalue weighted by Crippen LogP contribution is -1.99. The molecule has 0 saturated carbocycles. The number of methoxy groups -OCH3 is 1. The summed E-state index contributed by atoms with van der Waals surface area (Å²) in [5.74, 6) is -0.313. The van der Waals surface area contributed by atoms with Gasteiger partial charge in [0.2, 0.25) is 0 Å². The molecule has 1 aromatic carbocycles. The summed E-state index contributed by atoms with van der Waals surface area (Å²) in [5.41, 5.74) is 3.74. The van der Waals surface area contributed by atoms with E-state index in [1.54, 1.807) is 0 Å². The maximum absolute atomic E-state index is 11.3. The smallest absolute Gasteiger partial charge is 0.330 e. The molecular formula is C16H20Br2O2. The molecule has 0 saturated heterocycles. The summed E-state index contributed by atoms with van der Waals surface area (Å²) in [6.45, 7) is 0. The largest absolute Gasteiger partial charge is 0.466 e. The Morgan fingerprint density at radius 2 is 1.70 bits per heavy atom. The van der Waals surface area contributed by atoms with Crippen molar-refractivity contribution in [1.82, 2.24) is 0 Å². The van der Waals surface area contributed by atoms with Crippen LogP contribution in [0.4, 0.5) is 0 Å². The minimum absolute atomic E-state index is 0.313. The molecule has 0 atom stereocenters. The minimum atomic E-state index is -0.313. The number of esters is 1. The first kappa shape index (κ1) is 17.4. The zero-order valence-electron chi connectivity index (χ0n) is 11.7. The van der Waals surface area contributed by atoms with Crippen molar-refractivity contribution in [3.63, 3.8) is 0 Å². The molecule has 0 bridgehead atoms. The summed E-state index contributed by atoms with van der Waals surface area (Å²) in [4.78, 5) is 11.3. The maximum atomic E-state index is 11.3. The van der Waals surface area contributed by atoms with Gasteiger partial charge in [-0.15, -0.1) is 0 Å². The van der Waals surface area contributed by atoms with Gasteiger partial charge in [-0.05, 0) is 48.4 Å².